The zero-order valence-corrected chi connectivity index (χ0v) is 66.4. The Balaban J connectivity index is 0.000000125. The molecule has 4 saturated heterocycles. The van der Waals surface area contributed by atoms with Gasteiger partial charge < -0.3 is 29.9 Å². The van der Waals surface area contributed by atoms with Gasteiger partial charge >= 0.3 is 0 Å². The van der Waals surface area contributed by atoms with Crippen LogP contribution in [-0.2, 0) is 35.2 Å². The Hall–Kier alpha value is -8.46. The van der Waals surface area contributed by atoms with E-state index in [9.17, 15) is 19.2 Å². The van der Waals surface area contributed by atoms with Crippen molar-refractivity contribution in [1.82, 2.24) is 61.2 Å². The van der Waals surface area contributed by atoms with Crippen molar-refractivity contribution in [1.29, 1.82) is 0 Å². The molecule has 12 aromatic rings. The largest absolute Gasteiger partial charge is 0.381 e. The molecule has 0 bridgehead atoms. The molecule has 4 atom stereocenters. The molecule has 0 saturated carbocycles. The van der Waals surface area contributed by atoms with Gasteiger partial charge in [0.25, 0.3) is 23.6 Å². The van der Waals surface area contributed by atoms with Gasteiger partial charge in [-0.25, -0.2) is 0 Å². The molecule has 4 fully saturated rings. The van der Waals surface area contributed by atoms with Crippen molar-refractivity contribution in [2.45, 2.75) is 79.1 Å². The molecule has 4 aromatic carbocycles. The average Bonchev–Trinajstić information content (AvgIpc) is 1.63. The van der Waals surface area contributed by atoms with Crippen LogP contribution in [0.5, 0.6) is 0 Å². The fraction of sp³-hybridized carbons (Fsp3) is 0.366. The highest BCUT2D eigenvalue weighted by molar-refractivity contribution is 7.99. The van der Waals surface area contributed by atoms with Gasteiger partial charge in [-0.15, -0.1) is 65.7 Å². The normalized spacial score (nSPS) is 16.8. The number of rotatable bonds is 16. The lowest BCUT2D eigenvalue weighted by Gasteiger charge is -2.12. The Labute approximate surface area is 643 Å². The smallest absolute Gasteiger partial charge is 0.275 e. The molecule has 106 heavy (non-hydrogen) atoms. The van der Waals surface area contributed by atoms with E-state index in [1.807, 2.05) is 23.5 Å². The third kappa shape index (κ3) is 17.7. The summed E-state index contributed by atoms with van der Waals surface area (Å²) in [5.41, 5.74) is 15.3. The maximum Gasteiger partial charge on any atom is 0.275 e. The predicted molar refractivity (Wildman–Crippen MR) is 437 cm³/mol. The Morgan fingerprint density at radius 2 is 0.660 bits per heavy atom. The minimum atomic E-state index is -0.199. The minimum absolute atomic E-state index is 0.0900. The summed E-state index contributed by atoms with van der Waals surface area (Å²) in [5.74, 6) is 6.53. The van der Waals surface area contributed by atoms with Crippen LogP contribution in [-0.4, -0.2) is 166 Å². The fourth-order valence-corrected chi connectivity index (χ4v) is 20.5. The Morgan fingerprint density at radius 3 is 0.906 bits per heavy atom. The Bertz CT molecular complexity index is 4790. The van der Waals surface area contributed by atoms with E-state index in [1.165, 1.54) is 69.2 Å². The summed E-state index contributed by atoms with van der Waals surface area (Å²) in [6.45, 7) is 11.5. The van der Waals surface area contributed by atoms with Gasteiger partial charge in [0.15, 0.2) is 22.8 Å². The number of fused-ring (bicyclic) bond motifs is 4. The van der Waals surface area contributed by atoms with Crippen molar-refractivity contribution in [2.24, 2.45) is 23.7 Å². The standard InChI is InChI=1S/C21H23N3O2S.C21H23N3OS2.C20H21N3O2S.C20H21N3OS2/c2*1-13-4-6-15(7-5-13)18-11-16-17(10-14-8-9-26-12-14)22-23-19(20(16)27-18)21(25)24(2)3;2*1-12-3-5-14(6-4-12)17-10-15-16(9-13-7-8-25-11-13)22-23-18(19(15)26-17)20(24)21-2/h2*4-7,11,14H,8-10,12H2,1-3H3;2*3-6,10,13H,7-9,11H2,1-2H3,(H,21,24). The van der Waals surface area contributed by atoms with Crippen molar-refractivity contribution in [2.75, 3.05) is 91.7 Å². The van der Waals surface area contributed by atoms with Crippen molar-refractivity contribution in [3.05, 3.63) is 189 Å². The molecule has 16 rings (SSSR count). The van der Waals surface area contributed by atoms with Crippen LogP contribution in [0.15, 0.2) is 121 Å². The summed E-state index contributed by atoms with van der Waals surface area (Å²) in [7, 11) is 10.3. The van der Waals surface area contributed by atoms with E-state index >= 15 is 0 Å². The second-order valence-corrected chi connectivity index (χ2v) is 34.7. The molecule has 2 N–H and O–H groups in total. The highest BCUT2D eigenvalue weighted by atomic mass is 32.2. The maximum atomic E-state index is 12.6. The summed E-state index contributed by atoms with van der Waals surface area (Å²) < 4.78 is 14.7. The van der Waals surface area contributed by atoms with E-state index in [-0.39, 0.29) is 23.6 Å². The first-order chi connectivity index (χ1) is 51.4. The number of nitrogens with one attached hydrogen (secondary N) is 2. The average molecular weight is 1530 g/mol. The summed E-state index contributed by atoms with van der Waals surface area (Å²) in [4.78, 5) is 57.5. The van der Waals surface area contributed by atoms with Crippen molar-refractivity contribution in [3.8, 4) is 41.8 Å². The second-order valence-electron chi connectivity index (χ2n) is 28.2. The molecule has 4 aliphatic heterocycles. The van der Waals surface area contributed by atoms with Crippen LogP contribution in [0.2, 0.25) is 0 Å². The summed E-state index contributed by atoms with van der Waals surface area (Å²) in [6, 6.07) is 42.6. The number of carbonyl (C=O) groups excluding carboxylic acids is 4. The number of aromatic nitrogens is 8. The molecule has 548 valence electrons. The number of benzene rings is 4. The molecule has 4 amide bonds. The molecule has 0 aliphatic carbocycles. The van der Waals surface area contributed by atoms with Crippen molar-refractivity contribution >= 4 is 133 Å². The van der Waals surface area contributed by atoms with Gasteiger partial charge in [-0.3, -0.25) is 19.2 Å². The van der Waals surface area contributed by atoms with Gasteiger partial charge in [0, 0.05) is 110 Å². The van der Waals surface area contributed by atoms with Gasteiger partial charge in [-0.2, -0.15) is 43.9 Å². The lowest BCUT2D eigenvalue weighted by molar-refractivity contribution is 0.0816. The zero-order valence-electron chi connectivity index (χ0n) is 61.5. The summed E-state index contributed by atoms with van der Waals surface area (Å²) in [5, 5.41) is 44.6. The SMILES string of the molecule is CNC(=O)c1nnc(CC2CCOC2)c2cc(-c3ccc(C)cc3)sc12.CNC(=O)c1nnc(CC2CCSC2)c2cc(-c3ccc(C)cc3)sc12.Cc1ccc(-c2cc3c(CC4CCOC4)nnc(C(=O)N(C)C)c3s2)cc1.Cc1ccc(-c2cc3c(CC4CCSC4)nnc(C(=O)N(C)C)c3s2)cc1. The molecule has 12 heterocycles. The van der Waals surface area contributed by atoms with Gasteiger partial charge in [-0.05, 0) is 172 Å². The molecule has 0 spiro atoms. The van der Waals surface area contributed by atoms with Crippen LogP contribution < -0.4 is 10.6 Å². The van der Waals surface area contributed by atoms with E-state index in [4.69, 9.17) is 9.47 Å². The van der Waals surface area contributed by atoms with E-state index in [0.717, 1.165) is 159 Å². The molecule has 24 heteroatoms. The van der Waals surface area contributed by atoms with Gasteiger partial charge in [0.1, 0.15) is 0 Å². The number of nitrogens with zero attached hydrogens (tertiary/aromatic N) is 10. The highest BCUT2D eigenvalue weighted by Gasteiger charge is 2.29. The molecular weight excluding hydrogens is 1440 g/mol. The van der Waals surface area contributed by atoms with E-state index < -0.39 is 0 Å². The summed E-state index contributed by atoms with van der Waals surface area (Å²) in [6.07, 6.45) is 8.13. The summed E-state index contributed by atoms with van der Waals surface area (Å²) >= 11 is 10.5. The number of ether oxygens (including phenoxy) is 2. The first-order valence-electron chi connectivity index (χ1n) is 36.0. The van der Waals surface area contributed by atoms with Crippen LogP contribution in [0.3, 0.4) is 0 Å². The topological polar surface area (TPSA) is 220 Å². The van der Waals surface area contributed by atoms with E-state index in [1.54, 1.807) is 97.4 Å². The molecule has 4 aliphatic rings. The monoisotopic (exact) mass is 1530 g/mol. The fourth-order valence-electron chi connectivity index (χ4n) is 13.3. The molecule has 18 nitrogen and oxygen atoms in total. The molecule has 4 unspecified atom stereocenters. The third-order valence-electron chi connectivity index (χ3n) is 19.6. The number of carbonyl (C=O) groups is 4. The minimum Gasteiger partial charge on any atom is -0.381 e. The van der Waals surface area contributed by atoms with Crippen LogP contribution in [0.1, 0.15) is 113 Å². The highest BCUT2D eigenvalue weighted by Crippen LogP contribution is 2.43. The second kappa shape index (κ2) is 34.6. The van der Waals surface area contributed by atoms with Crippen molar-refractivity contribution in [3.63, 3.8) is 0 Å². The van der Waals surface area contributed by atoms with Gasteiger partial charge in [0.2, 0.25) is 0 Å². The van der Waals surface area contributed by atoms with Crippen molar-refractivity contribution < 1.29 is 28.7 Å². The van der Waals surface area contributed by atoms with Crippen LogP contribution in [0.4, 0.5) is 0 Å². The van der Waals surface area contributed by atoms with E-state index in [2.05, 4.69) is 200 Å². The number of hydrogen-bond acceptors (Lipinski definition) is 20. The van der Waals surface area contributed by atoms with Crippen LogP contribution >= 0.6 is 68.9 Å². The lowest BCUT2D eigenvalue weighted by Crippen LogP contribution is -2.23. The Morgan fingerprint density at radius 1 is 0.387 bits per heavy atom. The van der Waals surface area contributed by atoms with Gasteiger partial charge in [-0.1, -0.05) is 119 Å². The first kappa shape index (κ1) is 75.8. The van der Waals surface area contributed by atoms with E-state index in [0.29, 0.717) is 46.4 Å². The molecular formula is C82H88N12O6S6. The quantitative estimate of drug-likeness (QED) is 0.0918. The lowest BCUT2D eigenvalue weighted by atomic mass is 10.0. The number of hydrogen-bond donors (Lipinski definition) is 2. The predicted octanol–water partition coefficient (Wildman–Crippen LogP) is 16.5. The first-order valence-corrected chi connectivity index (χ1v) is 41.6. The number of amides is 4. The van der Waals surface area contributed by atoms with Gasteiger partial charge in [0.05, 0.1) is 41.6 Å². The van der Waals surface area contributed by atoms with Crippen LogP contribution in [0.25, 0.3) is 82.1 Å². The molecule has 0 radical (unpaired) electrons. The molecule has 8 aromatic heterocycles. The zero-order chi connectivity index (χ0) is 74.1. The van der Waals surface area contributed by atoms with Crippen LogP contribution in [0, 0.1) is 51.4 Å². The number of thioether (sulfide) groups is 2. The Kier molecular flexibility index (Phi) is 24.7. The maximum absolute atomic E-state index is 12.6. The number of thiophene rings is 4. The number of aryl methyl sites for hydroxylation is 4. The third-order valence-corrected chi connectivity index (χ3v) is 26.8.